The summed E-state index contributed by atoms with van der Waals surface area (Å²) in [5, 5.41) is 2.37. The molecule has 3 aliphatic heterocycles. The van der Waals surface area contributed by atoms with Gasteiger partial charge in [0.15, 0.2) is 0 Å². The summed E-state index contributed by atoms with van der Waals surface area (Å²) >= 11 is 0. The SMILES string of the molecule is CC1=CC(c2cccc3c2oc2ccccc23)N(C[C@@H]2CN3CC(C)=CC=C3c3ccccc32)C=C1. The molecule has 36 heavy (non-hydrogen) atoms. The zero-order chi connectivity index (χ0) is 24.2. The number of hydrogen-bond acceptors (Lipinski definition) is 3. The average Bonchev–Trinajstić information content (AvgIpc) is 3.28. The van der Waals surface area contributed by atoms with Gasteiger partial charge in [0.25, 0.3) is 0 Å². The van der Waals surface area contributed by atoms with E-state index in [1.165, 1.54) is 44.3 Å². The maximum Gasteiger partial charge on any atom is 0.141 e. The molecule has 0 radical (unpaired) electrons. The van der Waals surface area contributed by atoms with Gasteiger partial charge in [-0.3, -0.25) is 0 Å². The molecule has 1 aromatic heterocycles. The van der Waals surface area contributed by atoms with Crippen LogP contribution in [0.15, 0.2) is 113 Å². The quantitative estimate of drug-likeness (QED) is 0.304. The van der Waals surface area contributed by atoms with Gasteiger partial charge < -0.3 is 14.2 Å². The van der Waals surface area contributed by atoms with Gasteiger partial charge >= 0.3 is 0 Å². The number of para-hydroxylation sites is 2. The highest BCUT2D eigenvalue weighted by Gasteiger charge is 2.32. The van der Waals surface area contributed by atoms with E-state index in [9.17, 15) is 0 Å². The topological polar surface area (TPSA) is 19.6 Å². The third-order valence-electron chi connectivity index (χ3n) is 7.92. The number of rotatable bonds is 3. The Morgan fingerprint density at radius 3 is 2.61 bits per heavy atom. The molecule has 178 valence electrons. The van der Waals surface area contributed by atoms with E-state index < -0.39 is 0 Å². The number of furan rings is 1. The summed E-state index contributed by atoms with van der Waals surface area (Å²) in [6, 6.07) is 24.1. The molecule has 3 heteroatoms. The summed E-state index contributed by atoms with van der Waals surface area (Å²) in [5.41, 5.74) is 10.1. The van der Waals surface area contributed by atoms with Crippen molar-refractivity contribution in [2.75, 3.05) is 19.6 Å². The zero-order valence-corrected chi connectivity index (χ0v) is 20.8. The minimum Gasteiger partial charge on any atom is -0.456 e. The van der Waals surface area contributed by atoms with Crippen LogP contribution < -0.4 is 0 Å². The van der Waals surface area contributed by atoms with Gasteiger partial charge in [-0.2, -0.15) is 0 Å². The van der Waals surface area contributed by atoms with E-state index in [0.29, 0.717) is 5.92 Å². The van der Waals surface area contributed by atoms with Gasteiger partial charge in [0.1, 0.15) is 11.2 Å². The van der Waals surface area contributed by atoms with Crippen LogP contribution in [0.2, 0.25) is 0 Å². The second kappa shape index (κ2) is 8.30. The van der Waals surface area contributed by atoms with Crippen molar-refractivity contribution in [2.24, 2.45) is 0 Å². The lowest BCUT2D eigenvalue weighted by atomic mass is 9.85. The molecule has 0 aliphatic carbocycles. The van der Waals surface area contributed by atoms with Crippen molar-refractivity contribution in [1.29, 1.82) is 0 Å². The van der Waals surface area contributed by atoms with E-state index in [4.69, 9.17) is 4.42 Å². The van der Waals surface area contributed by atoms with Crippen LogP contribution in [-0.4, -0.2) is 29.4 Å². The largest absolute Gasteiger partial charge is 0.456 e. The Morgan fingerprint density at radius 2 is 1.67 bits per heavy atom. The normalized spacial score (nSPS) is 21.2. The van der Waals surface area contributed by atoms with Crippen molar-refractivity contribution >= 4 is 27.6 Å². The van der Waals surface area contributed by atoms with E-state index in [0.717, 1.165) is 30.8 Å². The minimum atomic E-state index is 0.131. The van der Waals surface area contributed by atoms with Crippen LogP contribution in [-0.2, 0) is 0 Å². The molecule has 0 bridgehead atoms. The Kier molecular flexibility index (Phi) is 4.92. The summed E-state index contributed by atoms with van der Waals surface area (Å²) in [6.07, 6.45) is 11.5. The Balaban J connectivity index is 1.29. The number of benzene rings is 3. The Morgan fingerprint density at radius 1 is 0.861 bits per heavy atom. The van der Waals surface area contributed by atoms with Gasteiger partial charge in [-0.25, -0.2) is 0 Å². The fourth-order valence-electron chi connectivity index (χ4n) is 6.20. The van der Waals surface area contributed by atoms with Crippen LogP contribution in [0.4, 0.5) is 0 Å². The molecule has 0 N–H and O–H groups in total. The molecule has 3 aromatic carbocycles. The first kappa shape index (κ1) is 21.3. The maximum atomic E-state index is 6.45. The van der Waals surface area contributed by atoms with Gasteiger partial charge in [-0.1, -0.05) is 84.0 Å². The predicted octanol–water partition coefficient (Wildman–Crippen LogP) is 7.80. The first-order valence-electron chi connectivity index (χ1n) is 12.9. The molecule has 4 aromatic rings. The third-order valence-corrected chi connectivity index (χ3v) is 7.92. The number of allylic oxidation sites excluding steroid dienone is 4. The van der Waals surface area contributed by atoms with E-state index in [1.807, 2.05) is 6.07 Å². The second-order valence-electron chi connectivity index (χ2n) is 10.4. The molecule has 2 atom stereocenters. The number of hydrogen-bond donors (Lipinski definition) is 0. The summed E-state index contributed by atoms with van der Waals surface area (Å²) < 4.78 is 6.45. The van der Waals surface area contributed by atoms with Crippen molar-refractivity contribution in [3.63, 3.8) is 0 Å². The van der Waals surface area contributed by atoms with E-state index in [2.05, 4.69) is 115 Å². The molecular weight excluding hydrogens is 440 g/mol. The Hall–Kier alpha value is -3.98. The summed E-state index contributed by atoms with van der Waals surface area (Å²) in [5.74, 6) is 0.415. The lowest BCUT2D eigenvalue weighted by molar-refractivity contribution is 0.264. The molecule has 0 spiro atoms. The van der Waals surface area contributed by atoms with Crippen LogP contribution in [0.25, 0.3) is 27.6 Å². The molecule has 3 nitrogen and oxygen atoms in total. The van der Waals surface area contributed by atoms with E-state index in [-0.39, 0.29) is 6.04 Å². The van der Waals surface area contributed by atoms with Crippen molar-refractivity contribution in [3.05, 3.63) is 125 Å². The van der Waals surface area contributed by atoms with Gasteiger partial charge in [-0.05, 0) is 37.6 Å². The molecule has 0 fully saturated rings. The second-order valence-corrected chi connectivity index (χ2v) is 10.4. The smallest absolute Gasteiger partial charge is 0.141 e. The molecule has 0 saturated carbocycles. The van der Waals surface area contributed by atoms with Crippen molar-refractivity contribution < 1.29 is 4.42 Å². The van der Waals surface area contributed by atoms with Crippen LogP contribution in [0, 0.1) is 0 Å². The highest BCUT2D eigenvalue weighted by atomic mass is 16.3. The summed E-state index contributed by atoms with van der Waals surface area (Å²) in [6.45, 7) is 7.41. The highest BCUT2D eigenvalue weighted by Crippen LogP contribution is 2.41. The lowest BCUT2D eigenvalue weighted by Crippen LogP contribution is -2.40. The Labute approximate surface area is 212 Å². The van der Waals surface area contributed by atoms with Crippen LogP contribution >= 0.6 is 0 Å². The van der Waals surface area contributed by atoms with E-state index >= 15 is 0 Å². The molecule has 0 saturated heterocycles. The fourth-order valence-corrected chi connectivity index (χ4v) is 6.20. The maximum absolute atomic E-state index is 6.45. The number of nitrogens with zero attached hydrogens (tertiary/aromatic N) is 2. The van der Waals surface area contributed by atoms with Gasteiger partial charge in [0.05, 0.1) is 6.04 Å². The fraction of sp³-hybridized carbons (Fsp3) is 0.212. The van der Waals surface area contributed by atoms with Crippen LogP contribution in [0.5, 0.6) is 0 Å². The van der Waals surface area contributed by atoms with E-state index in [1.54, 1.807) is 0 Å². The average molecular weight is 471 g/mol. The molecule has 4 heterocycles. The predicted molar refractivity (Wildman–Crippen MR) is 149 cm³/mol. The minimum absolute atomic E-state index is 0.131. The van der Waals surface area contributed by atoms with Crippen molar-refractivity contribution in [2.45, 2.75) is 25.8 Å². The van der Waals surface area contributed by atoms with Crippen LogP contribution in [0.1, 0.15) is 42.5 Å². The lowest BCUT2D eigenvalue weighted by Gasteiger charge is -2.42. The molecule has 1 unspecified atom stereocenters. The van der Waals surface area contributed by atoms with Crippen LogP contribution in [0.3, 0.4) is 0 Å². The first-order valence-corrected chi connectivity index (χ1v) is 12.9. The molecular formula is C33H30N2O. The summed E-state index contributed by atoms with van der Waals surface area (Å²) in [7, 11) is 0. The monoisotopic (exact) mass is 470 g/mol. The molecule has 7 rings (SSSR count). The molecule has 0 amide bonds. The van der Waals surface area contributed by atoms with Gasteiger partial charge in [0.2, 0.25) is 0 Å². The third kappa shape index (κ3) is 3.42. The van der Waals surface area contributed by atoms with Crippen molar-refractivity contribution in [1.82, 2.24) is 9.80 Å². The standard InChI is InChI=1S/C33H30N2O/c1-22-16-17-34(20-24-21-35-19-23(2)14-15-30(35)26-9-4-3-8-25(24)26)31(18-22)29-12-7-11-28-27-10-5-6-13-32(27)36-33(28)29/h3-18,24,31H,19-21H2,1-2H3/t24-,31?/m1/s1. The van der Waals surface area contributed by atoms with Gasteiger partial charge in [-0.15, -0.1) is 0 Å². The number of fused-ring (bicyclic) bond motifs is 6. The first-order chi connectivity index (χ1) is 17.7. The van der Waals surface area contributed by atoms with Gasteiger partial charge in [0, 0.05) is 59.3 Å². The highest BCUT2D eigenvalue weighted by molar-refractivity contribution is 6.06. The zero-order valence-electron chi connectivity index (χ0n) is 20.8. The molecule has 3 aliphatic rings. The summed E-state index contributed by atoms with van der Waals surface area (Å²) in [4.78, 5) is 5.07. The van der Waals surface area contributed by atoms with Crippen molar-refractivity contribution in [3.8, 4) is 0 Å². The Bertz CT molecular complexity index is 1620.